The van der Waals surface area contributed by atoms with Crippen molar-refractivity contribution in [2.24, 2.45) is 23.2 Å². The molecule has 4 rings (SSSR count). The van der Waals surface area contributed by atoms with Gasteiger partial charge < -0.3 is 4.74 Å². The largest absolute Gasteiger partial charge is 0.378 e. The molecule has 0 spiro atoms. The van der Waals surface area contributed by atoms with Gasteiger partial charge in [0, 0.05) is 0 Å². The summed E-state index contributed by atoms with van der Waals surface area (Å²) >= 11 is 5.77. The van der Waals surface area contributed by atoms with Crippen LogP contribution in [0.25, 0.3) is 0 Å². The van der Waals surface area contributed by atoms with Gasteiger partial charge in [0.15, 0.2) is 0 Å². The fourth-order valence-electron chi connectivity index (χ4n) is 4.88. The van der Waals surface area contributed by atoms with Gasteiger partial charge in [-0.2, -0.15) is 5.26 Å². The fraction of sp³-hybridized carbons (Fsp3) is 0.929. The zero-order chi connectivity index (χ0) is 11.9. The molecule has 0 aliphatic heterocycles. The summed E-state index contributed by atoms with van der Waals surface area (Å²) in [5.74, 6) is 2.90. The lowest BCUT2D eigenvalue weighted by Gasteiger charge is -2.56. The molecule has 4 saturated carbocycles. The van der Waals surface area contributed by atoms with Gasteiger partial charge in [-0.05, 0) is 61.7 Å². The van der Waals surface area contributed by atoms with E-state index in [0.717, 1.165) is 24.4 Å². The van der Waals surface area contributed by atoms with E-state index in [0.29, 0.717) is 12.0 Å². The van der Waals surface area contributed by atoms with E-state index < -0.39 is 5.38 Å². The zero-order valence-corrected chi connectivity index (χ0v) is 11.0. The van der Waals surface area contributed by atoms with Crippen LogP contribution in [0.3, 0.4) is 0 Å². The van der Waals surface area contributed by atoms with Crippen molar-refractivity contribution in [3.05, 3.63) is 0 Å². The lowest BCUT2D eigenvalue weighted by atomic mass is 9.50. The van der Waals surface area contributed by atoms with Crippen LogP contribution in [0.15, 0.2) is 0 Å². The number of ether oxygens (including phenoxy) is 1. The highest BCUT2D eigenvalue weighted by Gasteiger charge is 2.50. The minimum atomic E-state index is -0.482. The van der Waals surface area contributed by atoms with Crippen molar-refractivity contribution in [2.75, 3.05) is 13.2 Å². The lowest BCUT2D eigenvalue weighted by Crippen LogP contribution is -2.48. The molecule has 0 aromatic carbocycles. The Bertz CT molecular complexity index is 300. The average Bonchev–Trinajstić information content (AvgIpc) is 2.26. The third-order valence-corrected chi connectivity index (χ3v) is 5.20. The van der Waals surface area contributed by atoms with Gasteiger partial charge >= 0.3 is 0 Å². The molecule has 4 fully saturated rings. The van der Waals surface area contributed by atoms with Gasteiger partial charge in [0.25, 0.3) is 0 Å². The number of nitriles is 1. The molecular weight excluding hydrogens is 234 g/mol. The molecule has 1 atom stereocenters. The molecule has 0 radical (unpaired) electrons. The molecule has 0 saturated heterocycles. The molecule has 4 aliphatic rings. The highest BCUT2D eigenvalue weighted by Crippen LogP contribution is 2.59. The van der Waals surface area contributed by atoms with E-state index >= 15 is 0 Å². The minimum absolute atomic E-state index is 0.389. The van der Waals surface area contributed by atoms with Crippen LogP contribution >= 0.6 is 11.6 Å². The summed E-state index contributed by atoms with van der Waals surface area (Å²) in [6.45, 7) is 1.22. The van der Waals surface area contributed by atoms with Gasteiger partial charge in [-0.15, -0.1) is 11.6 Å². The van der Waals surface area contributed by atoms with E-state index in [1.807, 2.05) is 6.07 Å². The van der Waals surface area contributed by atoms with E-state index in [4.69, 9.17) is 21.6 Å². The van der Waals surface area contributed by atoms with Crippen LogP contribution in [0, 0.1) is 34.5 Å². The van der Waals surface area contributed by atoms with Crippen molar-refractivity contribution >= 4 is 11.6 Å². The second-order valence-corrected chi connectivity index (χ2v) is 7.06. The molecule has 2 nitrogen and oxygen atoms in total. The molecule has 0 aromatic rings. The van der Waals surface area contributed by atoms with Crippen LogP contribution < -0.4 is 0 Å². The Kier molecular flexibility index (Phi) is 3.09. The van der Waals surface area contributed by atoms with Crippen molar-refractivity contribution in [1.82, 2.24) is 0 Å². The molecule has 0 heterocycles. The van der Waals surface area contributed by atoms with Crippen LogP contribution in [-0.4, -0.2) is 18.6 Å². The van der Waals surface area contributed by atoms with E-state index in [2.05, 4.69) is 0 Å². The molecule has 17 heavy (non-hydrogen) atoms. The molecule has 94 valence electrons. The first-order valence-corrected chi connectivity index (χ1v) is 7.24. The second kappa shape index (κ2) is 4.44. The number of hydrogen-bond donors (Lipinski definition) is 0. The van der Waals surface area contributed by atoms with Gasteiger partial charge in [0.2, 0.25) is 0 Å². The minimum Gasteiger partial charge on any atom is -0.378 e. The average molecular weight is 254 g/mol. The van der Waals surface area contributed by atoms with Gasteiger partial charge in [0.05, 0.1) is 19.3 Å². The van der Waals surface area contributed by atoms with E-state index in [1.165, 1.54) is 38.5 Å². The number of halogens is 1. The Balaban J connectivity index is 1.57. The Labute approximate surface area is 108 Å². The molecule has 0 amide bonds. The summed E-state index contributed by atoms with van der Waals surface area (Å²) in [7, 11) is 0. The van der Waals surface area contributed by atoms with Gasteiger partial charge in [0.1, 0.15) is 5.38 Å². The Morgan fingerprint density at radius 3 is 2.18 bits per heavy atom. The number of hydrogen-bond acceptors (Lipinski definition) is 2. The quantitative estimate of drug-likeness (QED) is 0.720. The summed E-state index contributed by atoms with van der Waals surface area (Å²) in [6, 6.07) is 2.01. The van der Waals surface area contributed by atoms with Crippen molar-refractivity contribution in [3.63, 3.8) is 0 Å². The monoisotopic (exact) mass is 253 g/mol. The van der Waals surface area contributed by atoms with Gasteiger partial charge in [-0.1, -0.05) is 0 Å². The standard InChI is InChI=1S/C14H20ClNO/c15-13(7-16)8-17-9-14-4-10-1-11(5-14)3-12(2-10)6-14/h10-13H,1-6,8-9H2. The maximum absolute atomic E-state index is 8.63. The van der Waals surface area contributed by atoms with Gasteiger partial charge in [-0.3, -0.25) is 0 Å². The second-order valence-electron chi connectivity index (χ2n) is 6.53. The summed E-state index contributed by atoms with van der Waals surface area (Å²) in [5.41, 5.74) is 0.445. The van der Waals surface area contributed by atoms with Crippen molar-refractivity contribution < 1.29 is 4.74 Å². The number of nitrogens with zero attached hydrogens (tertiary/aromatic N) is 1. The third-order valence-electron chi connectivity index (χ3n) is 4.98. The lowest BCUT2D eigenvalue weighted by molar-refractivity contribution is -0.0954. The van der Waals surface area contributed by atoms with Crippen LogP contribution in [0.1, 0.15) is 38.5 Å². The predicted octanol–water partition coefficient (Wildman–Crippen LogP) is 3.35. The maximum Gasteiger partial charge on any atom is 0.143 e. The Morgan fingerprint density at radius 1 is 1.18 bits per heavy atom. The zero-order valence-electron chi connectivity index (χ0n) is 10.2. The summed E-state index contributed by atoms with van der Waals surface area (Å²) in [5, 5.41) is 8.15. The first kappa shape index (κ1) is 11.8. The van der Waals surface area contributed by atoms with Crippen LogP contribution in [-0.2, 0) is 4.74 Å². The highest BCUT2D eigenvalue weighted by molar-refractivity contribution is 6.22. The predicted molar refractivity (Wildman–Crippen MR) is 66.7 cm³/mol. The summed E-state index contributed by atoms with van der Waals surface area (Å²) in [4.78, 5) is 0. The van der Waals surface area contributed by atoms with Crippen molar-refractivity contribution in [2.45, 2.75) is 43.9 Å². The van der Waals surface area contributed by atoms with Crippen LogP contribution in [0.2, 0.25) is 0 Å². The molecular formula is C14H20ClNO. The Hall–Kier alpha value is -0.260. The van der Waals surface area contributed by atoms with Crippen LogP contribution in [0.4, 0.5) is 0 Å². The number of alkyl halides is 1. The maximum atomic E-state index is 8.63. The molecule has 0 N–H and O–H groups in total. The normalized spacial score (nSPS) is 44.6. The molecule has 0 aromatic heterocycles. The highest BCUT2D eigenvalue weighted by atomic mass is 35.5. The molecule has 4 bridgehead atoms. The van der Waals surface area contributed by atoms with Crippen molar-refractivity contribution in [3.8, 4) is 6.07 Å². The van der Waals surface area contributed by atoms with E-state index in [-0.39, 0.29) is 0 Å². The Morgan fingerprint density at radius 2 is 1.71 bits per heavy atom. The van der Waals surface area contributed by atoms with E-state index in [9.17, 15) is 0 Å². The first-order chi connectivity index (χ1) is 8.19. The first-order valence-electron chi connectivity index (χ1n) is 6.80. The topological polar surface area (TPSA) is 33.0 Å². The van der Waals surface area contributed by atoms with Crippen LogP contribution in [0.5, 0.6) is 0 Å². The fourth-order valence-corrected chi connectivity index (χ4v) is 4.97. The molecule has 4 aliphatic carbocycles. The van der Waals surface area contributed by atoms with Gasteiger partial charge in [-0.25, -0.2) is 0 Å². The number of rotatable bonds is 4. The van der Waals surface area contributed by atoms with E-state index in [1.54, 1.807) is 0 Å². The summed E-state index contributed by atoms with van der Waals surface area (Å²) < 4.78 is 5.72. The third kappa shape index (κ3) is 2.33. The summed E-state index contributed by atoms with van der Waals surface area (Å²) in [6.07, 6.45) is 8.48. The SMILES string of the molecule is N#CC(Cl)COCC12CC3CC(CC(C3)C1)C2. The van der Waals surface area contributed by atoms with Crippen molar-refractivity contribution in [1.29, 1.82) is 5.26 Å². The smallest absolute Gasteiger partial charge is 0.143 e. The molecule has 3 heteroatoms. The molecule has 1 unspecified atom stereocenters.